The zero-order valence-electron chi connectivity index (χ0n) is 9.44. The highest BCUT2D eigenvalue weighted by atomic mass is 32.1. The third kappa shape index (κ3) is 4.03. The minimum atomic E-state index is 0.540. The first kappa shape index (κ1) is 11.8. The molecule has 2 rings (SSSR count). The standard InChI is InChI=1S/C10H17N3O2S/c1-2-14-5-6-15-10-13-12-9(16-10)7-11-8-3-4-8/h8,11H,2-7H2,1H3. The molecular formula is C10H17N3O2S. The van der Waals surface area contributed by atoms with Crippen LogP contribution in [0, 0.1) is 0 Å². The lowest BCUT2D eigenvalue weighted by atomic mass is 10.6. The fourth-order valence-electron chi connectivity index (χ4n) is 1.22. The Labute approximate surface area is 99.2 Å². The molecule has 1 fully saturated rings. The van der Waals surface area contributed by atoms with E-state index in [1.165, 1.54) is 24.2 Å². The highest BCUT2D eigenvalue weighted by Crippen LogP contribution is 2.21. The maximum absolute atomic E-state index is 5.40. The van der Waals surface area contributed by atoms with Crippen LogP contribution in [0.15, 0.2) is 0 Å². The molecule has 16 heavy (non-hydrogen) atoms. The molecular weight excluding hydrogens is 226 g/mol. The van der Waals surface area contributed by atoms with E-state index < -0.39 is 0 Å². The number of nitrogens with one attached hydrogen (secondary N) is 1. The second kappa shape index (κ2) is 6.12. The molecule has 1 aromatic heterocycles. The maximum atomic E-state index is 5.40. The summed E-state index contributed by atoms with van der Waals surface area (Å²) in [6.45, 7) is 4.63. The summed E-state index contributed by atoms with van der Waals surface area (Å²) in [7, 11) is 0. The first-order valence-corrected chi connectivity index (χ1v) is 6.46. The first-order chi connectivity index (χ1) is 7.88. The molecule has 1 saturated carbocycles. The third-order valence-corrected chi connectivity index (χ3v) is 3.06. The predicted molar refractivity (Wildman–Crippen MR) is 61.8 cm³/mol. The highest BCUT2D eigenvalue weighted by molar-refractivity contribution is 7.13. The second-order valence-corrected chi connectivity index (χ2v) is 4.69. The SMILES string of the molecule is CCOCCOc1nnc(CNC2CC2)s1. The minimum Gasteiger partial charge on any atom is -0.466 e. The van der Waals surface area contributed by atoms with Crippen molar-refractivity contribution in [1.29, 1.82) is 0 Å². The quantitative estimate of drug-likeness (QED) is 0.695. The van der Waals surface area contributed by atoms with Gasteiger partial charge >= 0.3 is 0 Å². The molecule has 0 amide bonds. The molecule has 5 nitrogen and oxygen atoms in total. The Balaban J connectivity index is 1.64. The van der Waals surface area contributed by atoms with Gasteiger partial charge in [0.1, 0.15) is 11.6 Å². The van der Waals surface area contributed by atoms with Crippen molar-refractivity contribution in [3.63, 3.8) is 0 Å². The number of hydrogen-bond acceptors (Lipinski definition) is 6. The molecule has 0 bridgehead atoms. The summed E-state index contributed by atoms with van der Waals surface area (Å²) in [6.07, 6.45) is 2.58. The number of aromatic nitrogens is 2. The van der Waals surface area contributed by atoms with Crippen molar-refractivity contribution in [2.24, 2.45) is 0 Å². The summed E-state index contributed by atoms with van der Waals surface area (Å²) in [5.74, 6) is 0. The zero-order valence-corrected chi connectivity index (χ0v) is 10.3. The summed E-state index contributed by atoms with van der Waals surface area (Å²) in [5, 5.41) is 13.0. The highest BCUT2D eigenvalue weighted by Gasteiger charge is 2.20. The average molecular weight is 243 g/mol. The topological polar surface area (TPSA) is 56.3 Å². The Morgan fingerprint density at radius 2 is 2.25 bits per heavy atom. The molecule has 1 aliphatic carbocycles. The number of hydrogen-bond donors (Lipinski definition) is 1. The first-order valence-electron chi connectivity index (χ1n) is 5.64. The largest absolute Gasteiger partial charge is 0.466 e. The lowest BCUT2D eigenvalue weighted by molar-refractivity contribution is 0.110. The van der Waals surface area contributed by atoms with Gasteiger partial charge in [0.15, 0.2) is 0 Å². The molecule has 1 aromatic rings. The van der Waals surface area contributed by atoms with Crippen LogP contribution in [0.25, 0.3) is 0 Å². The molecule has 1 N–H and O–H groups in total. The van der Waals surface area contributed by atoms with E-state index in [0.29, 0.717) is 24.4 Å². The molecule has 1 aliphatic rings. The van der Waals surface area contributed by atoms with Crippen molar-refractivity contribution < 1.29 is 9.47 Å². The van der Waals surface area contributed by atoms with Gasteiger partial charge in [-0.05, 0) is 19.8 Å². The second-order valence-electron chi connectivity index (χ2n) is 3.66. The lowest BCUT2D eigenvalue weighted by Gasteiger charge is -2.00. The Kier molecular flexibility index (Phi) is 4.50. The minimum absolute atomic E-state index is 0.540. The van der Waals surface area contributed by atoms with E-state index in [9.17, 15) is 0 Å². The van der Waals surface area contributed by atoms with Crippen LogP contribution in [0.1, 0.15) is 24.8 Å². The van der Waals surface area contributed by atoms with Crippen LogP contribution in [-0.2, 0) is 11.3 Å². The van der Waals surface area contributed by atoms with Gasteiger partial charge in [-0.25, -0.2) is 0 Å². The van der Waals surface area contributed by atoms with E-state index in [1.807, 2.05) is 6.92 Å². The van der Waals surface area contributed by atoms with Gasteiger partial charge in [-0.15, -0.1) is 10.2 Å². The van der Waals surface area contributed by atoms with E-state index >= 15 is 0 Å². The fourth-order valence-corrected chi connectivity index (χ4v) is 1.88. The van der Waals surface area contributed by atoms with Gasteiger partial charge in [0, 0.05) is 12.6 Å². The summed E-state index contributed by atoms with van der Waals surface area (Å²) < 4.78 is 10.6. The molecule has 0 saturated heterocycles. The number of rotatable bonds is 8. The molecule has 0 radical (unpaired) electrons. The summed E-state index contributed by atoms with van der Waals surface area (Å²) >= 11 is 1.50. The van der Waals surface area contributed by atoms with Crippen molar-refractivity contribution >= 4 is 11.3 Å². The van der Waals surface area contributed by atoms with E-state index in [1.54, 1.807) is 0 Å². The molecule has 0 atom stereocenters. The van der Waals surface area contributed by atoms with E-state index in [4.69, 9.17) is 9.47 Å². The normalized spacial score (nSPS) is 15.3. The molecule has 6 heteroatoms. The van der Waals surface area contributed by atoms with Gasteiger partial charge in [-0.3, -0.25) is 0 Å². The van der Waals surface area contributed by atoms with E-state index in [-0.39, 0.29) is 0 Å². The van der Waals surface area contributed by atoms with Crippen molar-refractivity contribution in [2.75, 3.05) is 19.8 Å². The summed E-state index contributed by atoms with van der Waals surface area (Å²) in [5.41, 5.74) is 0. The van der Waals surface area contributed by atoms with Crippen molar-refractivity contribution in [1.82, 2.24) is 15.5 Å². The summed E-state index contributed by atoms with van der Waals surface area (Å²) in [6, 6.07) is 0.700. The van der Waals surface area contributed by atoms with Crippen LogP contribution < -0.4 is 10.1 Å². The Bertz CT molecular complexity index is 315. The Hall–Kier alpha value is -0.720. The van der Waals surface area contributed by atoms with Crippen LogP contribution in [0.3, 0.4) is 0 Å². The molecule has 0 aromatic carbocycles. The maximum Gasteiger partial charge on any atom is 0.294 e. The molecule has 0 aliphatic heterocycles. The van der Waals surface area contributed by atoms with Gasteiger partial charge in [0.2, 0.25) is 0 Å². The van der Waals surface area contributed by atoms with Gasteiger partial charge in [0.05, 0.1) is 13.2 Å². The summed E-state index contributed by atoms with van der Waals surface area (Å²) in [4.78, 5) is 0. The molecule has 1 heterocycles. The monoisotopic (exact) mass is 243 g/mol. The zero-order chi connectivity index (χ0) is 11.2. The van der Waals surface area contributed by atoms with Crippen molar-refractivity contribution in [3.8, 4) is 5.19 Å². The van der Waals surface area contributed by atoms with Gasteiger partial charge in [-0.2, -0.15) is 0 Å². The van der Waals surface area contributed by atoms with Gasteiger partial charge in [-0.1, -0.05) is 11.3 Å². The van der Waals surface area contributed by atoms with E-state index in [0.717, 1.165) is 18.2 Å². The lowest BCUT2D eigenvalue weighted by Crippen LogP contribution is -2.14. The van der Waals surface area contributed by atoms with Crippen LogP contribution in [0.2, 0.25) is 0 Å². The van der Waals surface area contributed by atoms with Gasteiger partial charge in [0.25, 0.3) is 5.19 Å². The predicted octanol–water partition coefficient (Wildman–Crippen LogP) is 1.21. The number of nitrogens with zero attached hydrogens (tertiary/aromatic N) is 2. The Morgan fingerprint density at radius 1 is 1.38 bits per heavy atom. The van der Waals surface area contributed by atoms with Crippen molar-refractivity contribution in [3.05, 3.63) is 5.01 Å². The molecule has 0 spiro atoms. The van der Waals surface area contributed by atoms with Crippen LogP contribution in [0.4, 0.5) is 0 Å². The Morgan fingerprint density at radius 3 is 3.00 bits per heavy atom. The number of ether oxygens (including phenoxy) is 2. The van der Waals surface area contributed by atoms with Crippen molar-refractivity contribution in [2.45, 2.75) is 32.4 Å². The van der Waals surface area contributed by atoms with Crippen LogP contribution in [-0.4, -0.2) is 36.1 Å². The third-order valence-electron chi connectivity index (χ3n) is 2.22. The fraction of sp³-hybridized carbons (Fsp3) is 0.800. The van der Waals surface area contributed by atoms with Gasteiger partial charge < -0.3 is 14.8 Å². The van der Waals surface area contributed by atoms with Crippen LogP contribution >= 0.6 is 11.3 Å². The molecule has 90 valence electrons. The average Bonchev–Trinajstić information content (AvgIpc) is 3.02. The van der Waals surface area contributed by atoms with Crippen LogP contribution in [0.5, 0.6) is 5.19 Å². The smallest absolute Gasteiger partial charge is 0.294 e. The van der Waals surface area contributed by atoms with E-state index in [2.05, 4.69) is 15.5 Å². The molecule has 0 unspecified atom stereocenters.